The molecule has 1 unspecified atom stereocenters. The summed E-state index contributed by atoms with van der Waals surface area (Å²) in [6, 6.07) is 9.40. The van der Waals surface area contributed by atoms with Gasteiger partial charge in [-0.15, -0.1) is 11.3 Å². The lowest BCUT2D eigenvalue weighted by molar-refractivity contribution is -0.144. The van der Waals surface area contributed by atoms with Gasteiger partial charge in [-0.3, -0.25) is 0 Å². The van der Waals surface area contributed by atoms with Crippen molar-refractivity contribution < 1.29 is 9.53 Å². The van der Waals surface area contributed by atoms with Gasteiger partial charge >= 0.3 is 5.97 Å². The van der Waals surface area contributed by atoms with Crippen LogP contribution in [0.3, 0.4) is 0 Å². The van der Waals surface area contributed by atoms with E-state index in [0.29, 0.717) is 6.61 Å². The number of benzene rings is 1. The zero-order valence-corrected chi connectivity index (χ0v) is 13.8. The van der Waals surface area contributed by atoms with E-state index in [1.54, 1.807) is 0 Å². The second-order valence-electron chi connectivity index (χ2n) is 4.37. The van der Waals surface area contributed by atoms with Gasteiger partial charge in [0.25, 0.3) is 0 Å². The monoisotopic (exact) mass is 353 g/mol. The van der Waals surface area contributed by atoms with E-state index in [0.717, 1.165) is 20.6 Å². The van der Waals surface area contributed by atoms with Crippen molar-refractivity contribution in [2.24, 2.45) is 0 Å². The number of anilines is 1. The lowest BCUT2D eigenvalue weighted by Gasteiger charge is -2.17. The summed E-state index contributed by atoms with van der Waals surface area (Å²) >= 11 is 4.94. The fourth-order valence-corrected chi connectivity index (χ4v) is 3.33. The van der Waals surface area contributed by atoms with E-state index in [2.05, 4.69) is 21.2 Å². The van der Waals surface area contributed by atoms with Crippen LogP contribution in [0.25, 0.3) is 0 Å². The number of nitrogens with one attached hydrogen (secondary N) is 1. The minimum atomic E-state index is -0.479. The molecule has 0 saturated heterocycles. The van der Waals surface area contributed by atoms with Gasteiger partial charge in [-0.05, 0) is 53.5 Å². The van der Waals surface area contributed by atoms with Crippen LogP contribution in [0.1, 0.15) is 23.4 Å². The third-order valence-corrected chi connectivity index (χ3v) is 4.48. The molecule has 1 aromatic carbocycles. The number of thiophene rings is 1. The zero-order valence-electron chi connectivity index (χ0n) is 11.4. The van der Waals surface area contributed by atoms with E-state index < -0.39 is 6.04 Å². The third-order valence-electron chi connectivity index (χ3n) is 2.72. The molecule has 5 heteroatoms. The molecule has 0 amide bonds. The second-order valence-corrected chi connectivity index (χ2v) is 6.22. The summed E-state index contributed by atoms with van der Waals surface area (Å²) in [6.07, 6.45) is 0. The molecular formula is C15H16BrNO2S. The van der Waals surface area contributed by atoms with E-state index in [1.165, 1.54) is 11.3 Å². The molecule has 20 heavy (non-hydrogen) atoms. The average Bonchev–Trinajstić information content (AvgIpc) is 2.83. The lowest BCUT2D eigenvalue weighted by atomic mass is 10.2. The molecule has 0 spiro atoms. The Bertz CT molecular complexity index is 597. The van der Waals surface area contributed by atoms with Crippen molar-refractivity contribution in [1.82, 2.24) is 0 Å². The molecular weight excluding hydrogens is 338 g/mol. The van der Waals surface area contributed by atoms with Crippen LogP contribution in [0.5, 0.6) is 0 Å². The van der Waals surface area contributed by atoms with Crippen molar-refractivity contribution in [1.29, 1.82) is 0 Å². The van der Waals surface area contributed by atoms with E-state index >= 15 is 0 Å². The van der Waals surface area contributed by atoms with Gasteiger partial charge < -0.3 is 10.1 Å². The molecule has 0 radical (unpaired) electrons. The zero-order chi connectivity index (χ0) is 14.5. The molecule has 0 aliphatic heterocycles. The van der Waals surface area contributed by atoms with Gasteiger partial charge in [0.1, 0.15) is 0 Å². The first-order valence-corrected chi connectivity index (χ1v) is 8.01. The molecule has 1 heterocycles. The van der Waals surface area contributed by atoms with Crippen LogP contribution in [-0.4, -0.2) is 12.6 Å². The molecule has 1 N–H and O–H groups in total. The van der Waals surface area contributed by atoms with E-state index in [-0.39, 0.29) is 5.97 Å². The molecule has 0 saturated carbocycles. The molecule has 106 valence electrons. The number of hydrogen-bond acceptors (Lipinski definition) is 4. The van der Waals surface area contributed by atoms with Gasteiger partial charge in [0.2, 0.25) is 0 Å². The van der Waals surface area contributed by atoms with Crippen LogP contribution >= 0.6 is 27.3 Å². The standard InChI is InChI=1S/C15H16BrNO2S/c1-3-19-15(18)14(13-8-11(16)9-20-13)17-12-6-4-5-10(2)7-12/h4-9,14,17H,3H2,1-2H3. The smallest absolute Gasteiger partial charge is 0.334 e. The van der Waals surface area contributed by atoms with E-state index in [4.69, 9.17) is 4.74 Å². The van der Waals surface area contributed by atoms with Gasteiger partial charge in [0.15, 0.2) is 6.04 Å². The number of ether oxygens (including phenoxy) is 1. The molecule has 3 nitrogen and oxygen atoms in total. The molecule has 0 fully saturated rings. The number of carbonyl (C=O) groups excluding carboxylic acids is 1. The molecule has 2 aromatic rings. The predicted molar refractivity (Wildman–Crippen MR) is 86.2 cm³/mol. The molecule has 0 aliphatic carbocycles. The largest absolute Gasteiger partial charge is 0.464 e. The van der Waals surface area contributed by atoms with Crippen LogP contribution in [0.2, 0.25) is 0 Å². The summed E-state index contributed by atoms with van der Waals surface area (Å²) in [5.74, 6) is -0.261. The van der Waals surface area contributed by atoms with Crippen molar-refractivity contribution in [2.75, 3.05) is 11.9 Å². The highest BCUT2D eigenvalue weighted by Crippen LogP contribution is 2.29. The topological polar surface area (TPSA) is 38.3 Å². The summed E-state index contributed by atoms with van der Waals surface area (Å²) in [7, 11) is 0. The summed E-state index contributed by atoms with van der Waals surface area (Å²) in [5, 5.41) is 5.21. The van der Waals surface area contributed by atoms with Crippen LogP contribution in [0.15, 0.2) is 40.2 Å². The van der Waals surface area contributed by atoms with Gasteiger partial charge in [-0.25, -0.2) is 4.79 Å². The highest BCUT2D eigenvalue weighted by molar-refractivity contribution is 9.10. The van der Waals surface area contributed by atoms with Crippen molar-refractivity contribution in [3.8, 4) is 0 Å². The highest BCUT2D eigenvalue weighted by atomic mass is 79.9. The quantitative estimate of drug-likeness (QED) is 0.802. The number of esters is 1. The number of carbonyl (C=O) groups is 1. The Labute approximate surface area is 131 Å². The maximum absolute atomic E-state index is 12.1. The summed E-state index contributed by atoms with van der Waals surface area (Å²) in [5.41, 5.74) is 2.05. The van der Waals surface area contributed by atoms with E-state index in [1.807, 2.05) is 49.6 Å². The Balaban J connectivity index is 2.25. The first-order valence-electron chi connectivity index (χ1n) is 6.34. The maximum atomic E-state index is 12.1. The van der Waals surface area contributed by atoms with Crippen LogP contribution < -0.4 is 5.32 Å². The van der Waals surface area contributed by atoms with Gasteiger partial charge in [0, 0.05) is 20.4 Å². The Hall–Kier alpha value is -1.33. The summed E-state index contributed by atoms with van der Waals surface area (Å²) in [6.45, 7) is 4.20. The summed E-state index contributed by atoms with van der Waals surface area (Å²) < 4.78 is 6.13. The first-order chi connectivity index (χ1) is 9.60. The Morgan fingerprint density at radius 3 is 2.85 bits per heavy atom. The van der Waals surface area contributed by atoms with E-state index in [9.17, 15) is 4.79 Å². The van der Waals surface area contributed by atoms with Crippen LogP contribution in [0.4, 0.5) is 5.69 Å². The molecule has 0 bridgehead atoms. The highest BCUT2D eigenvalue weighted by Gasteiger charge is 2.23. The molecule has 2 rings (SSSR count). The molecule has 1 atom stereocenters. The Morgan fingerprint density at radius 2 is 2.25 bits per heavy atom. The first kappa shape index (κ1) is 15.1. The van der Waals surface area contributed by atoms with Gasteiger partial charge in [-0.2, -0.15) is 0 Å². The van der Waals surface area contributed by atoms with Crippen molar-refractivity contribution in [3.05, 3.63) is 50.6 Å². The lowest BCUT2D eigenvalue weighted by Crippen LogP contribution is -2.22. The molecule has 1 aromatic heterocycles. The predicted octanol–water partition coefficient (Wildman–Crippen LogP) is 4.54. The normalized spacial score (nSPS) is 11.9. The number of rotatable bonds is 5. The van der Waals surface area contributed by atoms with Gasteiger partial charge in [-0.1, -0.05) is 12.1 Å². The van der Waals surface area contributed by atoms with Crippen LogP contribution in [0, 0.1) is 6.92 Å². The van der Waals surface area contributed by atoms with Crippen molar-refractivity contribution >= 4 is 38.9 Å². The summed E-state index contributed by atoms with van der Waals surface area (Å²) in [4.78, 5) is 13.1. The Morgan fingerprint density at radius 1 is 1.45 bits per heavy atom. The fraction of sp³-hybridized carbons (Fsp3) is 0.267. The minimum absolute atomic E-state index is 0.261. The molecule has 0 aliphatic rings. The van der Waals surface area contributed by atoms with Crippen molar-refractivity contribution in [3.63, 3.8) is 0 Å². The second kappa shape index (κ2) is 6.90. The van der Waals surface area contributed by atoms with Crippen LogP contribution in [-0.2, 0) is 9.53 Å². The van der Waals surface area contributed by atoms with Crippen molar-refractivity contribution in [2.45, 2.75) is 19.9 Å². The number of hydrogen-bond donors (Lipinski definition) is 1. The fourth-order valence-electron chi connectivity index (χ4n) is 1.85. The number of aryl methyl sites for hydroxylation is 1. The van der Waals surface area contributed by atoms with Gasteiger partial charge in [0.05, 0.1) is 6.61 Å². The maximum Gasteiger partial charge on any atom is 0.334 e. The SMILES string of the molecule is CCOC(=O)C(Nc1cccc(C)c1)c1cc(Br)cs1. The Kier molecular flexibility index (Phi) is 5.20. The minimum Gasteiger partial charge on any atom is -0.464 e. The average molecular weight is 354 g/mol. The number of halogens is 1. The third kappa shape index (κ3) is 3.84.